The highest BCUT2D eigenvalue weighted by Crippen LogP contribution is 2.58. The molecule has 0 radical (unpaired) electrons. The molecule has 4 fully saturated rings. The van der Waals surface area contributed by atoms with E-state index in [1.165, 1.54) is 0 Å². The van der Waals surface area contributed by atoms with Crippen LogP contribution in [0, 0.1) is 163 Å². The predicted octanol–water partition coefficient (Wildman–Crippen LogP) is 34.4. The number of carbonyl (C=O) groups excluding carboxylic acids is 11. The van der Waals surface area contributed by atoms with E-state index in [2.05, 4.69) is 310 Å². The standard InChI is InChI=1S/C65H108I2O8.C39H67IO6.C22H37IO3/c1-40(2)43(28-29-58(16,17)37-61(22,23)34-55(7,8)9)50(53(72)74-64(66)48(68)30-44(51(64)70)46(41(3)4)32-59(18,19)38-62(24,25)35-56(10,11)12)54(73)75-65(67)49(69)31-45(52(65)71)47(42(5)6)33-60(20,21)39-63(26,27)36-57(13,14)15;1-25(2)28(20-36(11,12)24-38(15,16)22-34(6,7)8)27-18-29(41)39(40,31(27)44)46-32(45)26(17-30(42)43)19-35(9,10)23-37(13,14)21-33(3,4)5;1-14(2)16(15-10-17(24)22(23,26)18(15)25)11-20(6,7)13-21(8,9)12-19(3,4)5/h43-47,50H,1,3,5,28-39H2,2,4,6-27H3;26-28H,1,17-24H2,2-16H3,(H,42,43);15-16,26H,1,10-13H2,2-9H3. The molecule has 14 unspecified atom stereocenters. The molecule has 2 N–H and O–H groups in total. The Hall–Kier alpha value is -3.18. The third-order valence-electron chi connectivity index (χ3n) is 30.0. The minimum atomic E-state index is -2.23. The Kier molecular flexibility index (Phi) is 47.5. The van der Waals surface area contributed by atoms with Crippen molar-refractivity contribution in [2.75, 3.05) is 0 Å². The average Bonchev–Trinajstić information content (AvgIpc) is 1.61. The summed E-state index contributed by atoms with van der Waals surface area (Å²) in [5, 5.41) is 19.9. The van der Waals surface area contributed by atoms with Crippen LogP contribution in [-0.4, -0.2) is 94.8 Å². The Balaban J connectivity index is 0.000000851. The molecule has 4 aliphatic rings. The van der Waals surface area contributed by atoms with Gasteiger partial charge in [0.15, 0.2) is 52.2 Å². The minimum absolute atomic E-state index is 0.00169. The van der Waals surface area contributed by atoms with Crippen LogP contribution in [0.4, 0.5) is 0 Å². The first kappa shape index (κ1) is 140. The van der Waals surface area contributed by atoms with Crippen LogP contribution in [-0.2, 0) is 71.7 Å². The van der Waals surface area contributed by atoms with Crippen molar-refractivity contribution in [2.24, 2.45) is 163 Å². The fraction of sp³-hybridized carbons (Fsp3) is 0.825. The van der Waals surface area contributed by atoms with E-state index in [1.54, 1.807) is 97.3 Å². The van der Waals surface area contributed by atoms with E-state index in [1.807, 2.05) is 41.5 Å². The molecule has 17 nitrogen and oxygen atoms in total. The zero-order valence-electron chi connectivity index (χ0n) is 102. The van der Waals surface area contributed by atoms with E-state index >= 15 is 9.59 Å². The van der Waals surface area contributed by atoms with Crippen molar-refractivity contribution in [3.05, 3.63) is 60.8 Å². The molecule has 846 valence electrons. The van der Waals surface area contributed by atoms with Gasteiger partial charge in [0.2, 0.25) is 3.61 Å². The normalized spacial score (nSPS) is 23.4. The number of alkyl halides is 4. The molecule has 0 heterocycles. The van der Waals surface area contributed by atoms with Crippen LogP contribution in [0.5, 0.6) is 0 Å². The largest absolute Gasteiger partial charge is 0.481 e. The lowest BCUT2D eigenvalue weighted by Crippen LogP contribution is -2.48. The summed E-state index contributed by atoms with van der Waals surface area (Å²) in [5.41, 5.74) is 3.64. The van der Waals surface area contributed by atoms with E-state index < -0.39 is 121 Å². The van der Waals surface area contributed by atoms with E-state index in [0.29, 0.717) is 37.7 Å². The van der Waals surface area contributed by atoms with Crippen LogP contribution >= 0.6 is 90.4 Å². The number of aliphatic hydroxyl groups is 1. The van der Waals surface area contributed by atoms with E-state index in [-0.39, 0.29) is 165 Å². The maximum Gasteiger partial charge on any atom is 0.323 e. The monoisotopic (exact) mass is 2510 g/mol. The molecule has 0 aromatic carbocycles. The number of ketones is 8. The fourth-order valence-corrected chi connectivity index (χ4v) is 33.6. The van der Waals surface area contributed by atoms with Gasteiger partial charge in [-0.15, -0.1) is 0 Å². The number of hydrogen-bond acceptors (Lipinski definition) is 16. The number of ether oxygens (including phenoxy) is 3. The zero-order valence-corrected chi connectivity index (χ0v) is 111. The van der Waals surface area contributed by atoms with Crippen LogP contribution in [0.3, 0.4) is 0 Å². The highest BCUT2D eigenvalue weighted by molar-refractivity contribution is 14.1. The van der Waals surface area contributed by atoms with E-state index in [4.69, 9.17) is 14.2 Å². The Morgan fingerprint density at radius 3 is 0.680 bits per heavy atom. The fourth-order valence-electron chi connectivity index (χ4n) is 30.5. The van der Waals surface area contributed by atoms with Crippen molar-refractivity contribution in [1.29, 1.82) is 0 Å². The maximum atomic E-state index is 15.2. The van der Waals surface area contributed by atoms with Crippen LogP contribution in [0.25, 0.3) is 0 Å². The number of carboxylic acid groups (broad SMARTS) is 1. The summed E-state index contributed by atoms with van der Waals surface area (Å²) >= 11 is 6.63. The number of carbonyl (C=O) groups is 12. The number of carboxylic acids is 1. The number of esters is 3. The second kappa shape index (κ2) is 49.9. The number of halogens is 4. The summed E-state index contributed by atoms with van der Waals surface area (Å²) in [4.78, 5) is 167. The number of Topliss-reactive ketones (excluding diaryl/α,β-unsaturated/α-hetero) is 8. The molecule has 4 rings (SSSR count). The quantitative estimate of drug-likeness (QED) is 0.0143. The molecular formula is C126H212I4O17. The molecule has 0 aromatic rings. The van der Waals surface area contributed by atoms with Crippen LogP contribution in [0.15, 0.2) is 60.8 Å². The van der Waals surface area contributed by atoms with Gasteiger partial charge >= 0.3 is 23.9 Å². The molecule has 4 aliphatic carbocycles. The van der Waals surface area contributed by atoms with Crippen molar-refractivity contribution in [2.45, 2.75) is 494 Å². The first-order chi connectivity index (χ1) is 64.7. The summed E-state index contributed by atoms with van der Waals surface area (Å²) in [6, 6.07) is 0. The SMILES string of the molecule is C=C(C)C(CC(C)(C)CC(C)(C)CC(C)(C)C)C1CC(=O)C(I)(OC(=O)C(C(=O)OC2(I)C(=O)CC(C(CC(C)(C)CC(C)(C)CC(C)(C)C)C(=C)C)C2=O)C(CCC(C)(C)CC(C)(C)CC(C)(C)C)C(=C)C)C1=O.C=C(C)C(CC(C)(C)CC(C)(C)CC(C)(C)C)C1CC(=O)C(I)(OC(=O)C(CC(=O)O)CC(C)(C)CC(C)(C)CC(C)(C)C)C1=O.C=C(C)C(CC(C)(C)CC(C)(C)CC(C)(C)C)C1CC(=O)C(O)(I)C1=O. The lowest BCUT2D eigenvalue weighted by Gasteiger charge is -2.41. The van der Waals surface area contributed by atoms with Gasteiger partial charge in [-0.3, -0.25) is 57.5 Å². The molecule has 0 amide bonds. The number of allylic oxidation sites excluding steroid dienone is 5. The molecule has 0 aliphatic heterocycles. The molecule has 0 spiro atoms. The van der Waals surface area contributed by atoms with Crippen LogP contribution in [0.1, 0.15) is 480 Å². The first-order valence-electron chi connectivity index (χ1n) is 54.6. The molecule has 0 aromatic heterocycles. The molecular weight excluding hydrogens is 2290 g/mol. The van der Waals surface area contributed by atoms with Gasteiger partial charge in [0.25, 0.3) is 10.8 Å². The molecule has 21 heteroatoms. The average molecular weight is 2510 g/mol. The second-order valence-corrected chi connectivity index (χ2v) is 70.2. The highest BCUT2D eigenvalue weighted by Gasteiger charge is 2.65. The van der Waals surface area contributed by atoms with Crippen molar-refractivity contribution >= 4 is 161 Å². The van der Waals surface area contributed by atoms with Crippen LogP contribution in [0.2, 0.25) is 0 Å². The van der Waals surface area contributed by atoms with Gasteiger partial charge in [0, 0.05) is 55.3 Å². The summed E-state index contributed by atoms with van der Waals surface area (Å²) < 4.78 is 9.93. The number of rotatable bonds is 49. The highest BCUT2D eigenvalue weighted by atomic mass is 127. The van der Waals surface area contributed by atoms with Gasteiger partial charge in [0.1, 0.15) is 0 Å². The summed E-state index contributed by atoms with van der Waals surface area (Å²) in [7, 11) is 0. The topological polar surface area (TPSA) is 273 Å². The summed E-state index contributed by atoms with van der Waals surface area (Å²) in [6.07, 6.45) is 14.7. The third kappa shape index (κ3) is 45.0. The molecule has 14 atom stereocenters. The summed E-state index contributed by atoms with van der Waals surface area (Å²) in [5.74, 6) is -15.3. The molecule has 0 saturated heterocycles. The Labute approximate surface area is 951 Å². The lowest BCUT2D eigenvalue weighted by molar-refractivity contribution is -0.177. The zero-order chi connectivity index (χ0) is 116. The van der Waals surface area contributed by atoms with E-state index in [0.717, 1.165) is 106 Å². The van der Waals surface area contributed by atoms with Gasteiger partial charge in [0.05, 0.1) is 12.3 Å². The number of aliphatic carboxylic acids is 1. The summed E-state index contributed by atoms with van der Waals surface area (Å²) in [6.45, 7) is 124. The Bertz CT molecular complexity index is 4630. The van der Waals surface area contributed by atoms with Crippen molar-refractivity contribution in [3.63, 3.8) is 0 Å². The van der Waals surface area contributed by atoms with Gasteiger partial charge in [-0.1, -0.05) is 352 Å². The van der Waals surface area contributed by atoms with Crippen LogP contribution < -0.4 is 0 Å². The Morgan fingerprint density at radius 1 is 0.293 bits per heavy atom. The second-order valence-electron chi connectivity index (χ2n) is 64.1. The smallest absolute Gasteiger partial charge is 0.323 e. The van der Waals surface area contributed by atoms with Gasteiger partial charge in [-0.25, -0.2) is 0 Å². The minimum Gasteiger partial charge on any atom is -0.481 e. The maximum absolute atomic E-state index is 15.2. The van der Waals surface area contributed by atoms with Gasteiger partial charge in [-0.05, 0) is 368 Å². The van der Waals surface area contributed by atoms with Crippen molar-refractivity contribution in [3.8, 4) is 0 Å². The van der Waals surface area contributed by atoms with Gasteiger partial charge < -0.3 is 24.4 Å². The van der Waals surface area contributed by atoms with E-state index in [9.17, 15) is 58.2 Å². The molecule has 147 heavy (non-hydrogen) atoms. The Morgan fingerprint density at radius 2 is 0.490 bits per heavy atom. The molecule has 4 saturated carbocycles. The lowest BCUT2D eigenvalue weighted by atomic mass is 9.64. The third-order valence-corrected chi connectivity index (χ3v) is 35.2. The first-order valence-corrected chi connectivity index (χ1v) is 59.0. The van der Waals surface area contributed by atoms with Crippen molar-refractivity contribution in [1.82, 2.24) is 0 Å². The predicted molar refractivity (Wildman–Crippen MR) is 641 cm³/mol. The molecule has 0 bridgehead atoms. The number of hydrogen-bond donors (Lipinski definition) is 2. The van der Waals surface area contributed by atoms with Gasteiger partial charge in [-0.2, -0.15) is 0 Å². The van der Waals surface area contributed by atoms with Crippen molar-refractivity contribution < 1.29 is 82.0 Å².